The smallest absolute Gasteiger partial charge is 0.373 e. The first kappa shape index (κ1) is 13.8. The topological polar surface area (TPSA) is 99.2 Å². The Morgan fingerprint density at radius 2 is 2.48 bits per heavy atom. The van der Waals surface area contributed by atoms with Crippen molar-refractivity contribution in [2.45, 2.75) is 6.10 Å². The molecule has 1 aliphatic rings. The highest BCUT2D eigenvalue weighted by molar-refractivity contribution is 7.15. The molecule has 2 aromatic heterocycles. The van der Waals surface area contributed by atoms with E-state index in [2.05, 4.69) is 9.72 Å². The highest BCUT2D eigenvalue weighted by atomic mass is 32.1. The number of hydrogen-bond acceptors (Lipinski definition) is 8. The van der Waals surface area contributed by atoms with Crippen LogP contribution in [-0.2, 0) is 14.3 Å². The van der Waals surface area contributed by atoms with E-state index in [1.165, 1.54) is 22.8 Å². The standard InChI is InChI=1S/C11H12N4O5S/c1-19-10(16)7-6-13(2-4-20-7)8-9(15(17)18)14-3-5-21-11(14)12-8/h3,5,7H,2,4,6H2,1H3. The molecule has 0 spiro atoms. The van der Waals surface area contributed by atoms with Crippen molar-refractivity contribution in [1.82, 2.24) is 9.38 Å². The summed E-state index contributed by atoms with van der Waals surface area (Å²) in [5, 5.41) is 13.0. The van der Waals surface area contributed by atoms with Crippen LogP contribution in [0.4, 0.5) is 11.6 Å². The summed E-state index contributed by atoms with van der Waals surface area (Å²) in [4.78, 5) is 28.9. The van der Waals surface area contributed by atoms with E-state index in [-0.39, 0.29) is 24.8 Å². The van der Waals surface area contributed by atoms with Crippen LogP contribution in [0.1, 0.15) is 0 Å². The molecule has 2 aromatic rings. The molecule has 21 heavy (non-hydrogen) atoms. The fourth-order valence-corrected chi connectivity index (χ4v) is 2.96. The normalized spacial score (nSPS) is 18.9. The maximum absolute atomic E-state index is 11.6. The Bertz CT molecular complexity index is 696. The summed E-state index contributed by atoms with van der Waals surface area (Å²) in [5.41, 5.74) is 0. The molecule has 0 radical (unpaired) electrons. The molecule has 112 valence electrons. The fourth-order valence-electron chi connectivity index (χ4n) is 2.26. The predicted molar refractivity (Wildman–Crippen MR) is 73.7 cm³/mol. The van der Waals surface area contributed by atoms with Crippen molar-refractivity contribution in [2.75, 3.05) is 31.7 Å². The average Bonchev–Trinajstić information content (AvgIpc) is 3.06. The summed E-state index contributed by atoms with van der Waals surface area (Å²) < 4.78 is 11.4. The van der Waals surface area contributed by atoms with Crippen LogP contribution < -0.4 is 4.90 Å². The number of carbonyl (C=O) groups is 1. The van der Waals surface area contributed by atoms with Gasteiger partial charge >= 0.3 is 11.8 Å². The number of carbonyl (C=O) groups excluding carboxylic acids is 1. The Morgan fingerprint density at radius 3 is 3.19 bits per heavy atom. The monoisotopic (exact) mass is 312 g/mol. The number of fused-ring (bicyclic) bond motifs is 1. The van der Waals surface area contributed by atoms with Gasteiger partial charge in [0, 0.05) is 11.9 Å². The van der Waals surface area contributed by atoms with Crippen molar-refractivity contribution in [3.63, 3.8) is 0 Å². The van der Waals surface area contributed by atoms with Crippen LogP contribution in [-0.4, -0.2) is 53.2 Å². The van der Waals surface area contributed by atoms with E-state index in [1.54, 1.807) is 16.5 Å². The molecular formula is C11H12N4O5S. The second-order valence-corrected chi connectivity index (χ2v) is 5.27. The van der Waals surface area contributed by atoms with Crippen LogP contribution in [0, 0.1) is 10.1 Å². The van der Waals surface area contributed by atoms with Crippen LogP contribution in [0.2, 0.25) is 0 Å². The summed E-state index contributed by atoms with van der Waals surface area (Å²) >= 11 is 1.31. The van der Waals surface area contributed by atoms with Gasteiger partial charge in [-0.15, -0.1) is 0 Å². The van der Waals surface area contributed by atoms with Gasteiger partial charge in [-0.05, 0) is 4.92 Å². The molecule has 0 saturated carbocycles. The summed E-state index contributed by atoms with van der Waals surface area (Å²) in [7, 11) is 1.28. The first-order chi connectivity index (χ1) is 10.1. The molecule has 0 N–H and O–H groups in total. The molecule has 1 unspecified atom stereocenters. The van der Waals surface area contributed by atoms with E-state index < -0.39 is 17.0 Å². The maximum Gasteiger partial charge on any atom is 0.373 e. The van der Waals surface area contributed by atoms with Crippen molar-refractivity contribution in [3.05, 3.63) is 21.7 Å². The molecule has 0 bridgehead atoms. The number of nitrogens with zero attached hydrogens (tertiary/aromatic N) is 4. The van der Waals surface area contributed by atoms with Crippen LogP contribution >= 0.6 is 11.3 Å². The van der Waals surface area contributed by atoms with Gasteiger partial charge in [0.05, 0.1) is 20.3 Å². The van der Waals surface area contributed by atoms with Gasteiger partial charge in [-0.1, -0.05) is 11.3 Å². The van der Waals surface area contributed by atoms with Crippen LogP contribution in [0.3, 0.4) is 0 Å². The van der Waals surface area contributed by atoms with E-state index in [9.17, 15) is 14.9 Å². The SMILES string of the molecule is COC(=O)C1CN(c2nc3sccn3c2[N+](=O)[O-])CCO1. The highest BCUT2D eigenvalue weighted by Gasteiger charge is 2.34. The lowest BCUT2D eigenvalue weighted by molar-refractivity contribution is -0.389. The number of nitro groups is 1. The molecule has 0 aromatic carbocycles. The Labute approximate surface area is 122 Å². The third-order valence-corrected chi connectivity index (χ3v) is 3.98. The number of anilines is 1. The Balaban J connectivity index is 1.96. The minimum Gasteiger partial charge on any atom is -0.467 e. The van der Waals surface area contributed by atoms with Crippen molar-refractivity contribution in [3.8, 4) is 0 Å². The van der Waals surface area contributed by atoms with Gasteiger partial charge in [-0.2, -0.15) is 9.38 Å². The van der Waals surface area contributed by atoms with E-state index in [0.717, 1.165) is 0 Å². The van der Waals surface area contributed by atoms with E-state index in [1.807, 2.05) is 0 Å². The number of thiazole rings is 1. The molecule has 9 nitrogen and oxygen atoms in total. The van der Waals surface area contributed by atoms with Gasteiger partial charge in [-0.3, -0.25) is 0 Å². The zero-order chi connectivity index (χ0) is 15.0. The lowest BCUT2D eigenvalue weighted by Crippen LogP contribution is -2.46. The van der Waals surface area contributed by atoms with Crippen molar-refractivity contribution in [1.29, 1.82) is 0 Å². The van der Waals surface area contributed by atoms with Crippen LogP contribution in [0.15, 0.2) is 11.6 Å². The number of ether oxygens (including phenoxy) is 2. The Morgan fingerprint density at radius 1 is 1.67 bits per heavy atom. The summed E-state index contributed by atoms with van der Waals surface area (Å²) in [6, 6.07) is 0. The number of methoxy groups -OCH3 is 1. The maximum atomic E-state index is 11.6. The van der Waals surface area contributed by atoms with E-state index in [4.69, 9.17) is 4.74 Å². The Kier molecular flexibility index (Phi) is 3.47. The summed E-state index contributed by atoms with van der Waals surface area (Å²) in [6.45, 7) is 0.889. The molecular weight excluding hydrogens is 300 g/mol. The van der Waals surface area contributed by atoms with Crippen molar-refractivity contribution >= 4 is 33.9 Å². The van der Waals surface area contributed by atoms with Crippen LogP contribution in [0.25, 0.3) is 4.96 Å². The molecule has 1 aliphatic heterocycles. The average molecular weight is 312 g/mol. The number of hydrogen-bond donors (Lipinski definition) is 0. The Hall–Kier alpha value is -2.20. The molecule has 1 atom stereocenters. The third kappa shape index (κ3) is 2.32. The van der Waals surface area contributed by atoms with E-state index >= 15 is 0 Å². The van der Waals surface area contributed by atoms with Gasteiger partial charge in [0.15, 0.2) is 6.10 Å². The van der Waals surface area contributed by atoms with Gasteiger partial charge in [0.1, 0.15) is 6.20 Å². The second-order valence-electron chi connectivity index (χ2n) is 4.40. The van der Waals surface area contributed by atoms with Gasteiger partial charge in [0.25, 0.3) is 4.96 Å². The number of esters is 1. The minimum absolute atomic E-state index is 0.100. The van der Waals surface area contributed by atoms with Gasteiger partial charge in [0.2, 0.25) is 5.82 Å². The number of rotatable bonds is 3. The second kappa shape index (κ2) is 5.30. The first-order valence-corrected chi connectivity index (χ1v) is 7.04. The molecule has 3 heterocycles. The quantitative estimate of drug-likeness (QED) is 0.467. The van der Waals surface area contributed by atoms with Gasteiger partial charge in [-0.25, -0.2) is 4.79 Å². The summed E-state index contributed by atoms with van der Waals surface area (Å²) in [5.74, 6) is -0.343. The molecule has 0 aliphatic carbocycles. The highest BCUT2D eigenvalue weighted by Crippen LogP contribution is 2.32. The predicted octanol–water partition coefficient (Wildman–Crippen LogP) is 0.682. The lowest BCUT2D eigenvalue weighted by atomic mass is 10.2. The minimum atomic E-state index is -0.761. The zero-order valence-corrected chi connectivity index (χ0v) is 11.9. The third-order valence-electron chi connectivity index (χ3n) is 3.22. The van der Waals surface area contributed by atoms with Crippen LogP contribution in [0.5, 0.6) is 0 Å². The zero-order valence-electron chi connectivity index (χ0n) is 11.1. The molecule has 0 amide bonds. The van der Waals surface area contributed by atoms with Gasteiger partial charge < -0.3 is 24.5 Å². The number of imidazole rings is 1. The number of morpholine rings is 1. The molecule has 1 fully saturated rings. The first-order valence-electron chi connectivity index (χ1n) is 6.16. The van der Waals surface area contributed by atoms with Crippen molar-refractivity contribution in [2.24, 2.45) is 0 Å². The van der Waals surface area contributed by atoms with E-state index in [0.29, 0.717) is 11.5 Å². The molecule has 10 heteroatoms. The largest absolute Gasteiger partial charge is 0.467 e. The fraction of sp³-hybridized carbons (Fsp3) is 0.455. The molecule has 3 rings (SSSR count). The van der Waals surface area contributed by atoms with Crippen molar-refractivity contribution < 1.29 is 19.2 Å². The summed E-state index contributed by atoms with van der Waals surface area (Å²) in [6.07, 6.45) is 0.843. The number of aromatic nitrogens is 2. The lowest BCUT2D eigenvalue weighted by Gasteiger charge is -2.31. The molecule has 1 saturated heterocycles.